The predicted molar refractivity (Wildman–Crippen MR) is 80.6 cm³/mol. The lowest BCUT2D eigenvalue weighted by Crippen LogP contribution is -2.34. The molecule has 1 aliphatic heterocycles. The van der Waals surface area contributed by atoms with Gasteiger partial charge in [-0.2, -0.15) is 0 Å². The predicted octanol–water partition coefficient (Wildman–Crippen LogP) is 3.59. The largest absolute Gasteiger partial charge is 0.458 e. The van der Waals surface area contributed by atoms with E-state index in [2.05, 4.69) is 11.8 Å². The van der Waals surface area contributed by atoms with Crippen molar-refractivity contribution in [3.63, 3.8) is 0 Å². The van der Waals surface area contributed by atoms with Crippen LogP contribution in [0.1, 0.15) is 38.1 Å². The Morgan fingerprint density at radius 3 is 2.80 bits per heavy atom. The van der Waals surface area contributed by atoms with Crippen LogP contribution in [-0.2, 0) is 0 Å². The molecule has 1 unspecified atom stereocenters. The fourth-order valence-electron chi connectivity index (χ4n) is 2.90. The van der Waals surface area contributed by atoms with Crippen molar-refractivity contribution in [3.05, 3.63) is 36.1 Å². The van der Waals surface area contributed by atoms with Crippen molar-refractivity contribution < 1.29 is 9.52 Å². The number of nitrogens with zero attached hydrogens (tertiary/aromatic N) is 1. The first-order valence-electron chi connectivity index (χ1n) is 7.61. The van der Waals surface area contributed by atoms with Crippen LogP contribution in [0.5, 0.6) is 0 Å². The summed E-state index contributed by atoms with van der Waals surface area (Å²) in [5.41, 5.74) is 0.855. The zero-order valence-corrected chi connectivity index (χ0v) is 12.1. The second kappa shape index (κ2) is 5.98. The van der Waals surface area contributed by atoms with Gasteiger partial charge in [0.2, 0.25) is 0 Å². The Kier molecular flexibility index (Phi) is 4.08. The Labute approximate surface area is 120 Å². The lowest BCUT2D eigenvalue weighted by Gasteiger charge is -2.30. The van der Waals surface area contributed by atoms with Crippen molar-refractivity contribution in [3.8, 4) is 0 Å². The molecule has 0 spiro atoms. The van der Waals surface area contributed by atoms with E-state index in [1.165, 1.54) is 12.8 Å². The number of aliphatic hydroxyl groups excluding tert-OH is 1. The first-order chi connectivity index (χ1) is 9.72. The molecule has 108 valence electrons. The first-order valence-corrected chi connectivity index (χ1v) is 7.61. The SMILES string of the molecule is CC1CCN(CCC(O)c2cc3ccccc3o2)CC1. The highest BCUT2D eigenvalue weighted by Crippen LogP contribution is 2.26. The van der Waals surface area contributed by atoms with E-state index in [0.29, 0.717) is 5.76 Å². The molecule has 3 rings (SSSR count). The fraction of sp³-hybridized carbons (Fsp3) is 0.529. The van der Waals surface area contributed by atoms with E-state index in [-0.39, 0.29) is 0 Å². The summed E-state index contributed by atoms with van der Waals surface area (Å²) in [7, 11) is 0. The van der Waals surface area contributed by atoms with Gasteiger partial charge in [0.05, 0.1) is 0 Å². The highest BCUT2D eigenvalue weighted by molar-refractivity contribution is 5.77. The highest BCUT2D eigenvalue weighted by atomic mass is 16.4. The van der Waals surface area contributed by atoms with Crippen LogP contribution in [0.15, 0.2) is 34.7 Å². The third-order valence-electron chi connectivity index (χ3n) is 4.37. The van der Waals surface area contributed by atoms with Crippen molar-refractivity contribution in [1.29, 1.82) is 0 Å². The van der Waals surface area contributed by atoms with Crippen LogP contribution in [0, 0.1) is 5.92 Å². The molecule has 1 aromatic heterocycles. The molecule has 0 aliphatic carbocycles. The van der Waals surface area contributed by atoms with Gasteiger partial charge in [0.25, 0.3) is 0 Å². The summed E-state index contributed by atoms with van der Waals surface area (Å²) >= 11 is 0. The van der Waals surface area contributed by atoms with E-state index < -0.39 is 6.10 Å². The van der Waals surface area contributed by atoms with Gasteiger partial charge in [0.1, 0.15) is 17.4 Å². The highest BCUT2D eigenvalue weighted by Gasteiger charge is 2.18. The van der Waals surface area contributed by atoms with Gasteiger partial charge in [-0.15, -0.1) is 0 Å². The third-order valence-corrected chi connectivity index (χ3v) is 4.37. The molecule has 1 aromatic carbocycles. The molecule has 0 amide bonds. The van der Waals surface area contributed by atoms with Crippen LogP contribution in [0.25, 0.3) is 11.0 Å². The summed E-state index contributed by atoms with van der Waals surface area (Å²) < 4.78 is 5.72. The molecule has 20 heavy (non-hydrogen) atoms. The van der Waals surface area contributed by atoms with Crippen LogP contribution < -0.4 is 0 Å². The van der Waals surface area contributed by atoms with Crippen LogP contribution >= 0.6 is 0 Å². The molecule has 0 bridgehead atoms. The van der Waals surface area contributed by atoms with E-state index in [1.807, 2.05) is 30.3 Å². The molecule has 0 saturated carbocycles. The fourth-order valence-corrected chi connectivity index (χ4v) is 2.90. The number of para-hydroxylation sites is 1. The molecule has 2 heterocycles. The summed E-state index contributed by atoms with van der Waals surface area (Å²) in [4.78, 5) is 2.45. The number of hydrogen-bond donors (Lipinski definition) is 1. The number of furan rings is 1. The zero-order valence-electron chi connectivity index (χ0n) is 12.1. The summed E-state index contributed by atoms with van der Waals surface area (Å²) in [5.74, 6) is 1.54. The van der Waals surface area contributed by atoms with Crippen LogP contribution in [0.2, 0.25) is 0 Å². The number of rotatable bonds is 4. The van der Waals surface area contributed by atoms with E-state index in [4.69, 9.17) is 4.42 Å². The van der Waals surface area contributed by atoms with Gasteiger partial charge in [-0.3, -0.25) is 0 Å². The van der Waals surface area contributed by atoms with Crippen molar-refractivity contribution in [2.45, 2.75) is 32.3 Å². The Morgan fingerprint density at radius 2 is 2.05 bits per heavy atom. The number of hydrogen-bond acceptors (Lipinski definition) is 3. The zero-order chi connectivity index (χ0) is 13.9. The van der Waals surface area contributed by atoms with E-state index in [0.717, 1.165) is 42.9 Å². The maximum Gasteiger partial charge on any atom is 0.134 e. The Balaban J connectivity index is 1.57. The number of piperidine rings is 1. The minimum Gasteiger partial charge on any atom is -0.458 e. The molecule has 1 aliphatic rings. The van der Waals surface area contributed by atoms with E-state index in [9.17, 15) is 5.11 Å². The number of aliphatic hydroxyl groups is 1. The molecule has 1 fully saturated rings. The number of benzene rings is 1. The topological polar surface area (TPSA) is 36.6 Å². The Bertz CT molecular complexity index is 522. The van der Waals surface area contributed by atoms with E-state index >= 15 is 0 Å². The molecule has 0 radical (unpaired) electrons. The third kappa shape index (κ3) is 3.05. The van der Waals surface area contributed by atoms with Crippen molar-refractivity contribution in [2.75, 3.05) is 19.6 Å². The average molecular weight is 273 g/mol. The van der Waals surface area contributed by atoms with Gasteiger partial charge < -0.3 is 14.4 Å². The van der Waals surface area contributed by atoms with Crippen molar-refractivity contribution >= 4 is 11.0 Å². The average Bonchev–Trinajstić information content (AvgIpc) is 2.90. The molecule has 1 N–H and O–H groups in total. The summed E-state index contributed by atoms with van der Waals surface area (Å²) in [6.45, 7) is 5.59. The molecule has 3 heteroatoms. The van der Waals surface area contributed by atoms with Gasteiger partial charge in [-0.25, -0.2) is 0 Å². The van der Waals surface area contributed by atoms with Crippen LogP contribution in [-0.4, -0.2) is 29.6 Å². The maximum absolute atomic E-state index is 10.3. The van der Waals surface area contributed by atoms with Gasteiger partial charge in [0, 0.05) is 11.9 Å². The second-order valence-corrected chi connectivity index (χ2v) is 6.02. The summed E-state index contributed by atoms with van der Waals surface area (Å²) in [6.07, 6.45) is 2.80. The summed E-state index contributed by atoms with van der Waals surface area (Å²) in [6, 6.07) is 9.86. The standard InChI is InChI=1S/C17H23NO2/c1-13-6-9-18(10-7-13)11-8-15(19)17-12-14-4-2-3-5-16(14)20-17/h2-5,12-13,15,19H,6-11H2,1H3. The lowest BCUT2D eigenvalue weighted by molar-refractivity contribution is 0.110. The van der Waals surface area contributed by atoms with Crippen molar-refractivity contribution in [1.82, 2.24) is 4.90 Å². The molecule has 3 nitrogen and oxygen atoms in total. The monoisotopic (exact) mass is 273 g/mol. The molecular formula is C17H23NO2. The smallest absolute Gasteiger partial charge is 0.134 e. The van der Waals surface area contributed by atoms with Crippen LogP contribution in [0.4, 0.5) is 0 Å². The molecule has 1 atom stereocenters. The Hall–Kier alpha value is -1.32. The minimum atomic E-state index is -0.498. The van der Waals surface area contributed by atoms with Gasteiger partial charge in [0.15, 0.2) is 0 Å². The Morgan fingerprint density at radius 1 is 1.30 bits per heavy atom. The quantitative estimate of drug-likeness (QED) is 0.925. The van der Waals surface area contributed by atoms with Gasteiger partial charge in [-0.05, 0) is 50.4 Å². The number of likely N-dealkylation sites (tertiary alicyclic amines) is 1. The maximum atomic E-state index is 10.3. The molecule has 1 saturated heterocycles. The first kappa shape index (κ1) is 13.7. The van der Waals surface area contributed by atoms with Gasteiger partial charge >= 0.3 is 0 Å². The number of fused-ring (bicyclic) bond motifs is 1. The molecular weight excluding hydrogens is 250 g/mol. The van der Waals surface area contributed by atoms with Crippen LogP contribution in [0.3, 0.4) is 0 Å². The second-order valence-electron chi connectivity index (χ2n) is 6.02. The van der Waals surface area contributed by atoms with Crippen molar-refractivity contribution in [2.24, 2.45) is 5.92 Å². The van der Waals surface area contributed by atoms with E-state index in [1.54, 1.807) is 0 Å². The lowest BCUT2D eigenvalue weighted by atomic mass is 9.99. The van der Waals surface area contributed by atoms with Gasteiger partial charge in [-0.1, -0.05) is 25.1 Å². The minimum absolute atomic E-state index is 0.498. The summed E-state index contributed by atoms with van der Waals surface area (Å²) in [5, 5.41) is 11.3. The molecule has 2 aromatic rings. The normalized spacial score (nSPS) is 19.5.